The van der Waals surface area contributed by atoms with Gasteiger partial charge in [-0.1, -0.05) is 26.0 Å². The molecule has 2 rings (SSSR count). The number of carboxylic acid groups (broad SMARTS) is 1. The molecule has 0 radical (unpaired) electrons. The SMILES string of the molecule is CC(C)c1c[nH]c2c(C(=O)O)cccc12.[LiH]. The van der Waals surface area contributed by atoms with Gasteiger partial charge < -0.3 is 10.1 Å². The fraction of sp³-hybridized carbons (Fsp3) is 0.250. The number of benzene rings is 1. The van der Waals surface area contributed by atoms with E-state index in [4.69, 9.17) is 5.11 Å². The summed E-state index contributed by atoms with van der Waals surface area (Å²) in [7, 11) is 0. The fourth-order valence-electron chi connectivity index (χ4n) is 1.83. The Morgan fingerprint density at radius 3 is 2.62 bits per heavy atom. The van der Waals surface area contributed by atoms with Gasteiger partial charge in [0.1, 0.15) is 0 Å². The zero-order chi connectivity index (χ0) is 11.0. The summed E-state index contributed by atoms with van der Waals surface area (Å²) in [6.07, 6.45) is 1.89. The Morgan fingerprint density at radius 1 is 1.38 bits per heavy atom. The molecule has 0 amide bonds. The van der Waals surface area contributed by atoms with Gasteiger partial charge in [0.2, 0.25) is 0 Å². The first-order valence-corrected chi connectivity index (χ1v) is 4.94. The Balaban J connectivity index is 0.00000128. The van der Waals surface area contributed by atoms with Gasteiger partial charge in [0, 0.05) is 11.6 Å². The van der Waals surface area contributed by atoms with Crippen molar-refractivity contribution in [3.8, 4) is 0 Å². The molecular weight excluding hydrogens is 197 g/mol. The van der Waals surface area contributed by atoms with Crippen LogP contribution in [0.1, 0.15) is 35.7 Å². The maximum absolute atomic E-state index is 11.0. The molecule has 4 heteroatoms. The van der Waals surface area contributed by atoms with Crippen molar-refractivity contribution in [1.82, 2.24) is 4.98 Å². The molecule has 80 valence electrons. The minimum atomic E-state index is -0.891. The summed E-state index contributed by atoms with van der Waals surface area (Å²) in [6.45, 7) is 4.19. The van der Waals surface area contributed by atoms with E-state index in [0.29, 0.717) is 17.0 Å². The van der Waals surface area contributed by atoms with Gasteiger partial charge in [-0.2, -0.15) is 0 Å². The van der Waals surface area contributed by atoms with Gasteiger partial charge in [0.05, 0.1) is 11.1 Å². The minimum absolute atomic E-state index is 0. The van der Waals surface area contributed by atoms with E-state index in [-0.39, 0.29) is 18.9 Å². The van der Waals surface area contributed by atoms with E-state index in [1.54, 1.807) is 12.1 Å². The summed E-state index contributed by atoms with van der Waals surface area (Å²) in [5, 5.41) is 10.0. The predicted molar refractivity (Wildman–Crippen MR) is 66.5 cm³/mol. The number of fused-ring (bicyclic) bond motifs is 1. The van der Waals surface area contributed by atoms with Crippen molar-refractivity contribution in [1.29, 1.82) is 0 Å². The third-order valence-corrected chi connectivity index (χ3v) is 2.60. The summed E-state index contributed by atoms with van der Waals surface area (Å²) in [5.74, 6) is -0.499. The average Bonchev–Trinajstić information content (AvgIpc) is 2.59. The van der Waals surface area contributed by atoms with Crippen LogP contribution in [0, 0.1) is 0 Å². The first-order valence-electron chi connectivity index (χ1n) is 4.94. The van der Waals surface area contributed by atoms with Crippen LogP contribution in [0.4, 0.5) is 0 Å². The van der Waals surface area contributed by atoms with Gasteiger partial charge in [0.25, 0.3) is 0 Å². The van der Waals surface area contributed by atoms with Crippen LogP contribution in [0.15, 0.2) is 24.4 Å². The number of hydrogen-bond acceptors (Lipinski definition) is 1. The van der Waals surface area contributed by atoms with Crippen LogP contribution >= 0.6 is 0 Å². The number of aromatic nitrogens is 1. The van der Waals surface area contributed by atoms with Crippen molar-refractivity contribution in [3.63, 3.8) is 0 Å². The molecule has 1 aromatic heterocycles. The molecule has 3 nitrogen and oxygen atoms in total. The Labute approximate surface area is 106 Å². The van der Waals surface area contributed by atoms with Crippen molar-refractivity contribution in [2.24, 2.45) is 0 Å². The molecule has 0 aliphatic heterocycles. The van der Waals surface area contributed by atoms with E-state index in [1.807, 2.05) is 12.3 Å². The monoisotopic (exact) mass is 211 g/mol. The molecule has 0 spiro atoms. The molecule has 1 aromatic carbocycles. The second kappa shape index (κ2) is 4.78. The maximum atomic E-state index is 11.0. The van der Waals surface area contributed by atoms with Crippen LogP contribution in [-0.2, 0) is 0 Å². The molecule has 0 bridgehead atoms. The summed E-state index contributed by atoms with van der Waals surface area (Å²) in [4.78, 5) is 14.0. The zero-order valence-electron chi connectivity index (χ0n) is 8.74. The van der Waals surface area contributed by atoms with Crippen LogP contribution in [0.2, 0.25) is 0 Å². The van der Waals surface area contributed by atoms with Gasteiger partial charge in [-0.3, -0.25) is 0 Å². The van der Waals surface area contributed by atoms with Gasteiger partial charge in [-0.15, -0.1) is 0 Å². The van der Waals surface area contributed by atoms with Crippen LogP contribution in [0.3, 0.4) is 0 Å². The second-order valence-corrected chi connectivity index (χ2v) is 3.93. The molecule has 0 aliphatic rings. The number of H-pyrrole nitrogens is 1. The first kappa shape index (κ1) is 12.9. The molecule has 0 saturated heterocycles. The number of aromatic amines is 1. The number of rotatable bonds is 2. The Hall–Kier alpha value is -1.17. The molecule has 16 heavy (non-hydrogen) atoms. The Bertz CT molecular complexity index is 517. The third kappa shape index (κ3) is 2.02. The molecule has 1 heterocycles. The Morgan fingerprint density at radius 2 is 2.06 bits per heavy atom. The van der Waals surface area contributed by atoms with E-state index >= 15 is 0 Å². The summed E-state index contributed by atoms with van der Waals surface area (Å²) < 4.78 is 0. The van der Waals surface area contributed by atoms with Gasteiger partial charge in [-0.25, -0.2) is 4.79 Å². The molecule has 0 unspecified atom stereocenters. The molecular formula is C12H14LiNO2. The normalized spacial score (nSPS) is 10.4. The van der Waals surface area contributed by atoms with Gasteiger partial charge in [0.15, 0.2) is 0 Å². The molecule has 2 N–H and O–H groups in total. The summed E-state index contributed by atoms with van der Waals surface area (Å²) in [5.41, 5.74) is 2.21. The molecule has 0 atom stereocenters. The predicted octanol–water partition coefficient (Wildman–Crippen LogP) is 2.34. The fourth-order valence-corrected chi connectivity index (χ4v) is 1.83. The average molecular weight is 211 g/mol. The number of para-hydroxylation sites is 1. The van der Waals surface area contributed by atoms with E-state index in [9.17, 15) is 4.79 Å². The molecule has 0 saturated carbocycles. The van der Waals surface area contributed by atoms with Crippen molar-refractivity contribution in [3.05, 3.63) is 35.5 Å². The summed E-state index contributed by atoms with van der Waals surface area (Å²) >= 11 is 0. The molecule has 2 aromatic rings. The van der Waals surface area contributed by atoms with Crippen LogP contribution in [0.5, 0.6) is 0 Å². The number of nitrogens with one attached hydrogen (secondary N) is 1. The van der Waals surface area contributed by atoms with Gasteiger partial charge in [-0.05, 0) is 17.5 Å². The number of aromatic carboxylic acids is 1. The molecule has 0 aliphatic carbocycles. The van der Waals surface area contributed by atoms with Gasteiger partial charge >= 0.3 is 24.8 Å². The number of carboxylic acids is 1. The van der Waals surface area contributed by atoms with Crippen LogP contribution in [-0.4, -0.2) is 34.9 Å². The van der Waals surface area contributed by atoms with Crippen molar-refractivity contribution in [2.75, 3.05) is 0 Å². The van der Waals surface area contributed by atoms with Crippen molar-refractivity contribution < 1.29 is 9.90 Å². The second-order valence-electron chi connectivity index (χ2n) is 3.93. The Kier molecular flexibility index (Phi) is 3.85. The van der Waals surface area contributed by atoms with Crippen LogP contribution in [0.25, 0.3) is 10.9 Å². The third-order valence-electron chi connectivity index (χ3n) is 2.60. The van der Waals surface area contributed by atoms with Crippen molar-refractivity contribution >= 4 is 35.7 Å². The molecule has 0 fully saturated rings. The zero-order valence-corrected chi connectivity index (χ0v) is 8.74. The number of carbonyl (C=O) groups is 1. The quantitative estimate of drug-likeness (QED) is 0.749. The number of hydrogen-bond donors (Lipinski definition) is 2. The first-order chi connectivity index (χ1) is 7.11. The van der Waals surface area contributed by atoms with Crippen LogP contribution < -0.4 is 0 Å². The topological polar surface area (TPSA) is 53.1 Å². The summed E-state index contributed by atoms with van der Waals surface area (Å²) in [6, 6.07) is 5.35. The van der Waals surface area contributed by atoms with E-state index < -0.39 is 5.97 Å². The van der Waals surface area contributed by atoms with E-state index in [2.05, 4.69) is 18.8 Å². The van der Waals surface area contributed by atoms with E-state index in [1.165, 1.54) is 0 Å². The van der Waals surface area contributed by atoms with Crippen molar-refractivity contribution in [2.45, 2.75) is 19.8 Å². The van der Waals surface area contributed by atoms with E-state index in [0.717, 1.165) is 10.9 Å². The standard InChI is InChI=1S/C12H13NO2.Li.H/c1-7(2)10-6-13-11-8(10)4-3-5-9(11)12(14)15;;/h3-7,13H,1-2H3,(H,14,15);;.